The average Bonchev–Trinajstić information content (AvgIpc) is 2.38. The summed E-state index contributed by atoms with van der Waals surface area (Å²) >= 11 is 0. The van der Waals surface area contributed by atoms with Crippen LogP contribution in [-0.2, 0) is 11.2 Å². The number of nitrogens with two attached hydrogens (primary N) is 1. The first-order valence-electron chi connectivity index (χ1n) is 6.15. The van der Waals surface area contributed by atoms with E-state index in [4.69, 9.17) is 11.0 Å². The molecule has 0 aromatic heterocycles. The van der Waals surface area contributed by atoms with Crippen molar-refractivity contribution in [2.45, 2.75) is 26.2 Å². The number of benzene rings is 1. The van der Waals surface area contributed by atoms with Gasteiger partial charge in [0, 0.05) is 12.1 Å². The van der Waals surface area contributed by atoms with Crippen molar-refractivity contribution in [3.05, 3.63) is 29.8 Å². The molecule has 96 valence electrons. The van der Waals surface area contributed by atoms with Crippen molar-refractivity contribution in [1.82, 2.24) is 0 Å². The van der Waals surface area contributed by atoms with Gasteiger partial charge in [-0.2, -0.15) is 5.26 Å². The summed E-state index contributed by atoms with van der Waals surface area (Å²) < 4.78 is 0. The van der Waals surface area contributed by atoms with E-state index in [0.717, 1.165) is 17.7 Å². The van der Waals surface area contributed by atoms with Crippen molar-refractivity contribution in [2.75, 3.05) is 11.9 Å². The van der Waals surface area contributed by atoms with Gasteiger partial charge in [0.2, 0.25) is 5.91 Å². The zero-order valence-electron chi connectivity index (χ0n) is 10.6. The van der Waals surface area contributed by atoms with E-state index in [2.05, 4.69) is 11.4 Å². The summed E-state index contributed by atoms with van der Waals surface area (Å²) in [4.78, 5) is 11.7. The van der Waals surface area contributed by atoms with Crippen molar-refractivity contribution in [1.29, 1.82) is 5.26 Å². The molecule has 0 fully saturated rings. The highest BCUT2D eigenvalue weighted by molar-refractivity contribution is 5.90. The van der Waals surface area contributed by atoms with E-state index in [1.807, 2.05) is 31.2 Å². The quantitative estimate of drug-likeness (QED) is 0.805. The maximum Gasteiger partial charge on any atom is 0.224 e. The standard InChI is InChI=1S/C14H19N3O/c1-2-11(10-16)9-14(18)17-13-5-3-12(4-6-13)7-8-15/h3-6,11H,2,7,9-10,16H2,1H3,(H,17,18). The summed E-state index contributed by atoms with van der Waals surface area (Å²) in [6, 6.07) is 9.40. The molecule has 4 heteroatoms. The van der Waals surface area contributed by atoms with E-state index in [1.54, 1.807) is 0 Å². The molecular formula is C14H19N3O. The molecule has 1 aromatic rings. The molecule has 0 aliphatic heterocycles. The fourth-order valence-corrected chi connectivity index (χ4v) is 1.67. The molecule has 0 bridgehead atoms. The summed E-state index contributed by atoms with van der Waals surface area (Å²) in [6.07, 6.45) is 1.75. The third-order valence-electron chi connectivity index (χ3n) is 2.91. The van der Waals surface area contributed by atoms with Crippen molar-refractivity contribution in [3.63, 3.8) is 0 Å². The first-order chi connectivity index (χ1) is 8.69. The Morgan fingerprint density at radius 2 is 2.11 bits per heavy atom. The molecule has 0 aliphatic rings. The second kappa shape index (κ2) is 7.46. The lowest BCUT2D eigenvalue weighted by Crippen LogP contribution is -2.21. The van der Waals surface area contributed by atoms with E-state index < -0.39 is 0 Å². The third-order valence-corrected chi connectivity index (χ3v) is 2.91. The van der Waals surface area contributed by atoms with Crippen LogP contribution < -0.4 is 11.1 Å². The van der Waals surface area contributed by atoms with Gasteiger partial charge in [0.15, 0.2) is 0 Å². The Bertz CT molecular complexity index is 416. The molecule has 1 unspecified atom stereocenters. The Morgan fingerprint density at radius 1 is 1.44 bits per heavy atom. The number of anilines is 1. The lowest BCUT2D eigenvalue weighted by atomic mass is 10.0. The topological polar surface area (TPSA) is 78.9 Å². The minimum absolute atomic E-state index is 0.0136. The third kappa shape index (κ3) is 4.56. The van der Waals surface area contributed by atoms with Crippen molar-refractivity contribution >= 4 is 11.6 Å². The predicted molar refractivity (Wildman–Crippen MR) is 71.8 cm³/mol. The van der Waals surface area contributed by atoms with Crippen LogP contribution in [0.1, 0.15) is 25.3 Å². The van der Waals surface area contributed by atoms with Crippen LogP contribution >= 0.6 is 0 Å². The molecule has 3 N–H and O–H groups in total. The summed E-state index contributed by atoms with van der Waals surface area (Å²) in [7, 11) is 0. The maximum atomic E-state index is 11.7. The Morgan fingerprint density at radius 3 is 2.61 bits per heavy atom. The highest BCUT2D eigenvalue weighted by Gasteiger charge is 2.10. The number of nitriles is 1. The fraction of sp³-hybridized carbons (Fsp3) is 0.429. The molecule has 1 atom stereocenters. The second-order valence-corrected chi connectivity index (χ2v) is 4.29. The van der Waals surface area contributed by atoms with Crippen LogP contribution in [0.5, 0.6) is 0 Å². The average molecular weight is 245 g/mol. The van der Waals surface area contributed by atoms with Gasteiger partial charge in [-0.3, -0.25) is 4.79 Å². The van der Waals surface area contributed by atoms with Crippen LogP contribution in [0.2, 0.25) is 0 Å². The molecule has 1 rings (SSSR count). The lowest BCUT2D eigenvalue weighted by Gasteiger charge is -2.12. The van der Waals surface area contributed by atoms with E-state index >= 15 is 0 Å². The van der Waals surface area contributed by atoms with E-state index in [-0.39, 0.29) is 11.8 Å². The van der Waals surface area contributed by atoms with Gasteiger partial charge < -0.3 is 11.1 Å². The van der Waals surface area contributed by atoms with Crippen LogP contribution in [0.4, 0.5) is 5.69 Å². The summed E-state index contributed by atoms with van der Waals surface area (Å²) in [6.45, 7) is 2.56. The van der Waals surface area contributed by atoms with Gasteiger partial charge >= 0.3 is 0 Å². The molecule has 0 saturated heterocycles. The van der Waals surface area contributed by atoms with E-state index in [1.165, 1.54) is 0 Å². The molecule has 0 spiro atoms. The van der Waals surface area contributed by atoms with Gasteiger partial charge in [-0.15, -0.1) is 0 Å². The number of nitrogens with zero attached hydrogens (tertiary/aromatic N) is 1. The number of rotatable bonds is 6. The molecule has 0 heterocycles. The SMILES string of the molecule is CCC(CN)CC(=O)Nc1ccc(CC#N)cc1. The molecule has 4 nitrogen and oxygen atoms in total. The minimum atomic E-state index is -0.0136. The monoisotopic (exact) mass is 245 g/mol. The zero-order valence-corrected chi connectivity index (χ0v) is 10.6. The number of hydrogen-bond donors (Lipinski definition) is 2. The van der Waals surface area contributed by atoms with E-state index in [0.29, 0.717) is 19.4 Å². The van der Waals surface area contributed by atoms with Gasteiger partial charge in [0.05, 0.1) is 12.5 Å². The normalized spacial score (nSPS) is 11.6. The molecule has 0 radical (unpaired) electrons. The number of amides is 1. The molecule has 1 amide bonds. The molecule has 0 aliphatic carbocycles. The van der Waals surface area contributed by atoms with Crippen LogP contribution in [0.25, 0.3) is 0 Å². The Balaban J connectivity index is 2.52. The smallest absolute Gasteiger partial charge is 0.224 e. The number of hydrogen-bond acceptors (Lipinski definition) is 3. The number of carbonyl (C=O) groups excluding carboxylic acids is 1. The largest absolute Gasteiger partial charge is 0.330 e. The van der Waals surface area contributed by atoms with Crippen LogP contribution in [0, 0.1) is 17.2 Å². The van der Waals surface area contributed by atoms with Crippen LogP contribution in [0.15, 0.2) is 24.3 Å². The number of nitrogens with one attached hydrogen (secondary N) is 1. The van der Waals surface area contributed by atoms with E-state index in [9.17, 15) is 4.79 Å². The van der Waals surface area contributed by atoms with Gasteiger partial charge in [-0.1, -0.05) is 25.5 Å². The van der Waals surface area contributed by atoms with Crippen molar-refractivity contribution in [3.8, 4) is 6.07 Å². The van der Waals surface area contributed by atoms with Crippen molar-refractivity contribution < 1.29 is 4.79 Å². The minimum Gasteiger partial charge on any atom is -0.330 e. The highest BCUT2D eigenvalue weighted by Crippen LogP contribution is 2.12. The second-order valence-electron chi connectivity index (χ2n) is 4.29. The molecule has 18 heavy (non-hydrogen) atoms. The Labute approximate surface area is 108 Å². The number of carbonyl (C=O) groups is 1. The highest BCUT2D eigenvalue weighted by atomic mass is 16.1. The van der Waals surface area contributed by atoms with Crippen LogP contribution in [-0.4, -0.2) is 12.5 Å². The zero-order chi connectivity index (χ0) is 13.4. The fourth-order valence-electron chi connectivity index (χ4n) is 1.67. The summed E-state index contributed by atoms with van der Waals surface area (Å²) in [5.41, 5.74) is 7.27. The van der Waals surface area contributed by atoms with Gasteiger partial charge in [-0.05, 0) is 30.2 Å². The maximum absolute atomic E-state index is 11.7. The summed E-state index contributed by atoms with van der Waals surface area (Å²) in [5, 5.41) is 11.4. The van der Waals surface area contributed by atoms with Crippen LogP contribution in [0.3, 0.4) is 0 Å². The van der Waals surface area contributed by atoms with Gasteiger partial charge in [-0.25, -0.2) is 0 Å². The first-order valence-corrected chi connectivity index (χ1v) is 6.15. The summed E-state index contributed by atoms with van der Waals surface area (Å²) in [5.74, 6) is 0.225. The van der Waals surface area contributed by atoms with Gasteiger partial charge in [0.25, 0.3) is 0 Å². The predicted octanol–water partition coefficient (Wildman–Crippen LogP) is 2.07. The van der Waals surface area contributed by atoms with Gasteiger partial charge in [0.1, 0.15) is 0 Å². The van der Waals surface area contributed by atoms with Crippen molar-refractivity contribution in [2.24, 2.45) is 11.7 Å². The first kappa shape index (κ1) is 14.2. The molecule has 0 saturated carbocycles. The Hall–Kier alpha value is -1.86. The lowest BCUT2D eigenvalue weighted by molar-refractivity contribution is -0.117. The Kier molecular flexibility index (Phi) is 5.89. The molecular weight excluding hydrogens is 226 g/mol. The molecule has 1 aromatic carbocycles.